The highest BCUT2D eigenvalue weighted by atomic mass is 35.5. The molecule has 2 rings (SSSR count). The number of rotatable bonds is 7. The maximum absolute atomic E-state index is 12.4. The van der Waals surface area contributed by atoms with Crippen LogP contribution in [0.2, 0.25) is 5.02 Å². The first-order chi connectivity index (χ1) is 13.0. The molecule has 0 saturated heterocycles. The van der Waals surface area contributed by atoms with E-state index in [0.717, 1.165) is 18.4 Å². The molecule has 0 radical (unpaired) electrons. The predicted molar refractivity (Wildman–Crippen MR) is 108 cm³/mol. The van der Waals surface area contributed by atoms with Gasteiger partial charge in [-0.05, 0) is 78.0 Å². The van der Waals surface area contributed by atoms with Crippen LogP contribution < -0.4 is 10.1 Å². The van der Waals surface area contributed by atoms with Crippen LogP contribution in [0.4, 0.5) is 4.79 Å². The number of nitrogens with one attached hydrogen (secondary N) is 1. The van der Waals surface area contributed by atoms with Crippen molar-refractivity contribution in [1.82, 2.24) is 5.32 Å². The van der Waals surface area contributed by atoms with E-state index in [1.54, 1.807) is 34.6 Å². The molecule has 1 aliphatic carbocycles. The molecule has 0 aliphatic heterocycles. The summed E-state index contributed by atoms with van der Waals surface area (Å²) >= 11 is 6.28. The van der Waals surface area contributed by atoms with Gasteiger partial charge in [-0.15, -0.1) is 0 Å². The predicted octanol–water partition coefficient (Wildman–Crippen LogP) is 4.65. The highest BCUT2D eigenvalue weighted by Crippen LogP contribution is 2.38. The molecular formula is C21H30ClNO5. The Hall–Kier alpha value is -1.95. The second-order valence-corrected chi connectivity index (χ2v) is 8.77. The largest absolute Gasteiger partial charge is 0.485 e. The van der Waals surface area contributed by atoms with E-state index < -0.39 is 29.8 Å². The van der Waals surface area contributed by atoms with Crippen molar-refractivity contribution in [2.45, 2.75) is 78.2 Å². The van der Waals surface area contributed by atoms with Gasteiger partial charge in [0, 0.05) is 0 Å². The number of aryl methyl sites for hydroxylation is 1. The summed E-state index contributed by atoms with van der Waals surface area (Å²) in [4.78, 5) is 24.2. The molecule has 28 heavy (non-hydrogen) atoms. The number of hydrogen-bond acceptors (Lipinski definition) is 5. The molecule has 1 fully saturated rings. The summed E-state index contributed by atoms with van der Waals surface area (Å²) in [6.07, 6.45) is 0.591. The second-order valence-electron chi connectivity index (χ2n) is 8.36. The van der Waals surface area contributed by atoms with E-state index in [9.17, 15) is 9.59 Å². The Labute approximate surface area is 171 Å². The van der Waals surface area contributed by atoms with Gasteiger partial charge in [0.25, 0.3) is 0 Å². The van der Waals surface area contributed by atoms with Crippen LogP contribution in [-0.2, 0) is 14.3 Å². The van der Waals surface area contributed by atoms with E-state index in [1.807, 2.05) is 25.1 Å². The zero-order valence-electron chi connectivity index (χ0n) is 17.4. The van der Waals surface area contributed by atoms with Crippen LogP contribution >= 0.6 is 11.6 Å². The number of amides is 1. The fourth-order valence-corrected chi connectivity index (χ4v) is 3.02. The summed E-state index contributed by atoms with van der Waals surface area (Å²) in [6.45, 7) is 10.6. The SMILES string of the molecule is Cc1ccc(O[C@H](C2CC2)[C@H](C)OC(=O)[C@H](C)NC(=O)OC(C)(C)C)c(Cl)c1. The van der Waals surface area contributed by atoms with Crippen molar-refractivity contribution in [1.29, 1.82) is 0 Å². The van der Waals surface area contributed by atoms with Gasteiger partial charge >= 0.3 is 12.1 Å². The van der Waals surface area contributed by atoms with Gasteiger partial charge in [0.1, 0.15) is 29.6 Å². The molecule has 6 nitrogen and oxygen atoms in total. The van der Waals surface area contributed by atoms with Gasteiger partial charge in [0.05, 0.1) is 5.02 Å². The van der Waals surface area contributed by atoms with E-state index in [1.165, 1.54) is 0 Å². The average molecular weight is 412 g/mol. The molecule has 0 bridgehead atoms. The first kappa shape index (κ1) is 22.3. The minimum Gasteiger partial charge on any atom is -0.485 e. The van der Waals surface area contributed by atoms with Crippen molar-refractivity contribution in [3.63, 3.8) is 0 Å². The standard InChI is InChI=1S/C21H30ClNO5/c1-12-7-10-17(16(22)11-12)27-18(15-8-9-15)14(3)26-19(24)13(2)23-20(25)28-21(4,5)6/h7,10-11,13-15,18H,8-9H2,1-6H3,(H,23,25)/t13-,14-,18-/m0/s1. The van der Waals surface area contributed by atoms with E-state index in [2.05, 4.69) is 5.32 Å². The number of esters is 1. The highest BCUT2D eigenvalue weighted by molar-refractivity contribution is 6.32. The monoisotopic (exact) mass is 411 g/mol. The maximum atomic E-state index is 12.4. The molecule has 0 spiro atoms. The molecule has 7 heteroatoms. The Bertz CT molecular complexity index is 711. The summed E-state index contributed by atoms with van der Waals surface area (Å²) in [7, 11) is 0. The van der Waals surface area contributed by atoms with Gasteiger partial charge in [-0.2, -0.15) is 0 Å². The minimum absolute atomic E-state index is 0.294. The van der Waals surface area contributed by atoms with Crippen LogP contribution in [0.3, 0.4) is 0 Å². The third-order valence-corrected chi connectivity index (χ3v) is 4.58. The molecule has 1 aliphatic rings. The van der Waals surface area contributed by atoms with Crippen molar-refractivity contribution < 1.29 is 23.8 Å². The average Bonchev–Trinajstić information content (AvgIpc) is 3.36. The van der Waals surface area contributed by atoms with Gasteiger partial charge < -0.3 is 19.5 Å². The lowest BCUT2D eigenvalue weighted by molar-refractivity contribution is -0.155. The highest BCUT2D eigenvalue weighted by Gasteiger charge is 2.39. The fourth-order valence-electron chi connectivity index (χ4n) is 2.74. The van der Waals surface area contributed by atoms with Gasteiger partial charge in [-0.3, -0.25) is 0 Å². The molecule has 1 N–H and O–H groups in total. The molecular weight excluding hydrogens is 382 g/mol. The van der Waals surface area contributed by atoms with Crippen molar-refractivity contribution in [2.75, 3.05) is 0 Å². The molecule has 3 atom stereocenters. The van der Waals surface area contributed by atoms with Crippen molar-refractivity contribution in [2.24, 2.45) is 5.92 Å². The Kier molecular flexibility index (Phi) is 7.21. The molecule has 0 heterocycles. The first-order valence-corrected chi connectivity index (χ1v) is 9.97. The Balaban J connectivity index is 1.95. The third-order valence-electron chi connectivity index (χ3n) is 4.29. The second kappa shape index (κ2) is 9.03. The lowest BCUT2D eigenvalue weighted by Gasteiger charge is -2.27. The fraction of sp³-hybridized carbons (Fsp3) is 0.619. The van der Waals surface area contributed by atoms with E-state index >= 15 is 0 Å². The number of halogens is 1. The van der Waals surface area contributed by atoms with Gasteiger partial charge in [0.15, 0.2) is 0 Å². The van der Waals surface area contributed by atoms with Crippen LogP contribution in [0, 0.1) is 12.8 Å². The lowest BCUT2D eigenvalue weighted by Crippen LogP contribution is -2.45. The quantitative estimate of drug-likeness (QED) is 0.661. The van der Waals surface area contributed by atoms with Gasteiger partial charge in [-0.25, -0.2) is 9.59 Å². The smallest absolute Gasteiger partial charge is 0.408 e. The number of benzene rings is 1. The van der Waals surface area contributed by atoms with Crippen LogP contribution in [0.15, 0.2) is 18.2 Å². The zero-order valence-corrected chi connectivity index (χ0v) is 18.1. The van der Waals surface area contributed by atoms with Gasteiger partial charge in [0.2, 0.25) is 0 Å². The van der Waals surface area contributed by atoms with Gasteiger partial charge in [-0.1, -0.05) is 17.7 Å². The van der Waals surface area contributed by atoms with E-state index in [-0.39, 0.29) is 6.10 Å². The van der Waals surface area contributed by atoms with Crippen LogP contribution in [0.5, 0.6) is 5.75 Å². The number of carbonyl (C=O) groups is 2. The maximum Gasteiger partial charge on any atom is 0.408 e. The normalized spacial score (nSPS) is 17.2. The molecule has 1 amide bonds. The van der Waals surface area contributed by atoms with E-state index in [0.29, 0.717) is 16.7 Å². The Morgan fingerprint density at radius 2 is 1.86 bits per heavy atom. The number of carbonyl (C=O) groups excluding carboxylic acids is 2. The summed E-state index contributed by atoms with van der Waals surface area (Å²) < 4.78 is 16.8. The zero-order chi connectivity index (χ0) is 21.1. The van der Waals surface area contributed by atoms with Crippen molar-refractivity contribution >= 4 is 23.7 Å². The molecule has 0 unspecified atom stereocenters. The Morgan fingerprint density at radius 3 is 2.39 bits per heavy atom. The summed E-state index contributed by atoms with van der Waals surface area (Å²) in [5.41, 5.74) is 0.404. The van der Waals surface area contributed by atoms with Crippen LogP contribution in [-0.4, -0.2) is 35.9 Å². The van der Waals surface area contributed by atoms with E-state index in [4.69, 9.17) is 25.8 Å². The molecule has 156 valence electrons. The van der Waals surface area contributed by atoms with Crippen LogP contribution in [0.1, 0.15) is 53.0 Å². The lowest BCUT2D eigenvalue weighted by atomic mass is 10.1. The molecule has 0 aromatic heterocycles. The summed E-state index contributed by atoms with van der Waals surface area (Å²) in [5.74, 6) is 0.351. The Morgan fingerprint density at radius 1 is 1.21 bits per heavy atom. The topological polar surface area (TPSA) is 73.9 Å². The first-order valence-electron chi connectivity index (χ1n) is 9.59. The number of hydrogen-bond donors (Lipinski definition) is 1. The van der Waals surface area contributed by atoms with Crippen molar-refractivity contribution in [3.8, 4) is 5.75 Å². The third kappa shape index (κ3) is 6.89. The van der Waals surface area contributed by atoms with Crippen LogP contribution in [0.25, 0.3) is 0 Å². The van der Waals surface area contributed by atoms with Crippen molar-refractivity contribution in [3.05, 3.63) is 28.8 Å². The minimum atomic E-state index is -0.833. The molecule has 1 aromatic carbocycles. The summed E-state index contributed by atoms with van der Waals surface area (Å²) in [5, 5.41) is 3.02. The number of ether oxygens (including phenoxy) is 3. The number of alkyl carbamates (subject to hydrolysis) is 1. The summed E-state index contributed by atoms with van der Waals surface area (Å²) in [6, 6.07) is 4.76. The molecule has 1 saturated carbocycles. The molecule has 1 aromatic rings.